The van der Waals surface area contributed by atoms with E-state index in [0.29, 0.717) is 10.0 Å². The zero-order valence-electron chi connectivity index (χ0n) is 14.0. The lowest BCUT2D eigenvalue weighted by Gasteiger charge is -2.03. The van der Waals surface area contributed by atoms with Crippen molar-refractivity contribution in [1.29, 1.82) is 0 Å². The molecule has 6 heteroatoms. The second-order valence-corrected chi connectivity index (χ2v) is 7.59. The van der Waals surface area contributed by atoms with Crippen molar-refractivity contribution in [2.75, 3.05) is 5.32 Å². The molecule has 4 nitrogen and oxygen atoms in total. The van der Waals surface area contributed by atoms with Gasteiger partial charge in [-0.2, -0.15) is 0 Å². The fourth-order valence-electron chi connectivity index (χ4n) is 2.33. The summed E-state index contributed by atoms with van der Waals surface area (Å²) in [5.74, 6) is -0.189. The van der Waals surface area contributed by atoms with E-state index in [1.165, 1.54) is 33.8 Å². The quantitative estimate of drug-likeness (QED) is 0.615. The zero-order chi connectivity index (χ0) is 17.8. The lowest BCUT2D eigenvalue weighted by atomic mass is 10.1. The molecule has 0 saturated carbocycles. The van der Waals surface area contributed by atoms with Crippen molar-refractivity contribution in [2.45, 2.75) is 26.7 Å². The minimum atomic E-state index is -0.189. The second kappa shape index (κ2) is 7.72. The maximum absolute atomic E-state index is 12.0. The summed E-state index contributed by atoms with van der Waals surface area (Å²) in [5, 5.41) is 7.12. The van der Waals surface area contributed by atoms with Crippen molar-refractivity contribution < 1.29 is 9.59 Å². The van der Waals surface area contributed by atoms with Crippen LogP contribution in [0.5, 0.6) is 0 Å². The van der Waals surface area contributed by atoms with Gasteiger partial charge in [-0.1, -0.05) is 18.2 Å². The molecule has 0 fully saturated rings. The van der Waals surface area contributed by atoms with Crippen molar-refractivity contribution in [1.82, 2.24) is 4.98 Å². The molecule has 0 bridgehead atoms. The van der Waals surface area contributed by atoms with Gasteiger partial charge in [0.2, 0.25) is 5.91 Å². The first-order chi connectivity index (χ1) is 12.0. The van der Waals surface area contributed by atoms with Crippen LogP contribution in [0.4, 0.5) is 5.13 Å². The summed E-state index contributed by atoms with van der Waals surface area (Å²) in [5.41, 5.74) is 4.33. The standard InChI is InChI=1S/C19H18N2O2S2/c1-12-5-6-14(10-13(12)2)15-11-25-19(20-15)21-18(23)8-7-16(22)17-4-3-9-24-17/h3-6,9-11H,7-8H2,1-2H3,(H,20,21,23). The Balaban J connectivity index is 1.58. The SMILES string of the molecule is Cc1ccc(-c2csc(NC(=O)CCC(=O)c3cccs3)n2)cc1C. The Hall–Kier alpha value is -2.31. The number of hydrogen-bond acceptors (Lipinski definition) is 5. The molecule has 0 unspecified atom stereocenters. The van der Waals surface area contributed by atoms with Crippen LogP contribution in [-0.4, -0.2) is 16.7 Å². The molecule has 0 aliphatic heterocycles. The summed E-state index contributed by atoms with van der Waals surface area (Å²) in [4.78, 5) is 29.1. The number of carbonyl (C=O) groups is 2. The van der Waals surface area contributed by atoms with Gasteiger partial charge in [0.05, 0.1) is 10.6 Å². The highest BCUT2D eigenvalue weighted by Crippen LogP contribution is 2.26. The molecule has 3 aromatic rings. The first-order valence-electron chi connectivity index (χ1n) is 7.92. The minimum Gasteiger partial charge on any atom is -0.302 e. The molecule has 1 aromatic carbocycles. The Morgan fingerprint density at radius 2 is 1.92 bits per heavy atom. The number of hydrogen-bond donors (Lipinski definition) is 1. The van der Waals surface area contributed by atoms with Crippen LogP contribution in [0.1, 0.15) is 33.6 Å². The van der Waals surface area contributed by atoms with E-state index < -0.39 is 0 Å². The van der Waals surface area contributed by atoms with E-state index in [9.17, 15) is 9.59 Å². The van der Waals surface area contributed by atoms with Crippen molar-refractivity contribution in [2.24, 2.45) is 0 Å². The molecule has 1 N–H and O–H groups in total. The van der Waals surface area contributed by atoms with Gasteiger partial charge in [0.1, 0.15) is 0 Å². The van der Waals surface area contributed by atoms with Crippen LogP contribution in [0, 0.1) is 13.8 Å². The van der Waals surface area contributed by atoms with E-state index >= 15 is 0 Å². The van der Waals surface area contributed by atoms with E-state index in [1.807, 2.05) is 22.9 Å². The van der Waals surface area contributed by atoms with E-state index in [0.717, 1.165) is 11.3 Å². The van der Waals surface area contributed by atoms with Crippen molar-refractivity contribution >= 4 is 39.5 Å². The molecular formula is C19H18N2O2S2. The average Bonchev–Trinajstić information content (AvgIpc) is 3.27. The minimum absolute atomic E-state index is 0.000100. The Labute approximate surface area is 154 Å². The van der Waals surface area contributed by atoms with Crippen LogP contribution < -0.4 is 5.32 Å². The number of carbonyl (C=O) groups excluding carboxylic acids is 2. The van der Waals surface area contributed by atoms with Gasteiger partial charge in [-0.3, -0.25) is 9.59 Å². The highest BCUT2D eigenvalue weighted by atomic mass is 32.1. The lowest BCUT2D eigenvalue weighted by Crippen LogP contribution is -2.13. The van der Waals surface area contributed by atoms with Gasteiger partial charge in [0, 0.05) is 23.8 Å². The number of nitrogens with one attached hydrogen (secondary N) is 1. The number of aryl methyl sites for hydroxylation is 2. The summed E-state index contributed by atoms with van der Waals surface area (Å²) >= 11 is 2.79. The van der Waals surface area contributed by atoms with Crippen LogP contribution in [0.25, 0.3) is 11.3 Å². The Morgan fingerprint density at radius 3 is 2.64 bits per heavy atom. The van der Waals surface area contributed by atoms with E-state index in [-0.39, 0.29) is 24.5 Å². The molecule has 0 aliphatic carbocycles. The van der Waals surface area contributed by atoms with Crippen molar-refractivity contribution in [3.63, 3.8) is 0 Å². The normalized spacial score (nSPS) is 10.6. The van der Waals surface area contributed by atoms with Gasteiger partial charge in [-0.25, -0.2) is 4.98 Å². The largest absolute Gasteiger partial charge is 0.302 e. The molecule has 3 rings (SSSR count). The average molecular weight is 370 g/mol. The maximum atomic E-state index is 12.0. The second-order valence-electron chi connectivity index (χ2n) is 5.79. The third-order valence-electron chi connectivity index (χ3n) is 3.93. The third-order valence-corrected chi connectivity index (χ3v) is 5.60. The number of Topliss-reactive ketones (excluding diaryl/α,β-unsaturated/α-hetero) is 1. The molecule has 2 aromatic heterocycles. The van der Waals surface area contributed by atoms with Gasteiger partial charge in [0.15, 0.2) is 10.9 Å². The lowest BCUT2D eigenvalue weighted by molar-refractivity contribution is -0.116. The first-order valence-corrected chi connectivity index (χ1v) is 9.68. The number of thiazole rings is 1. The number of amides is 1. The Bertz CT molecular complexity index is 898. The van der Waals surface area contributed by atoms with Gasteiger partial charge >= 0.3 is 0 Å². The summed E-state index contributed by atoms with van der Waals surface area (Å²) < 4.78 is 0. The molecule has 0 radical (unpaired) electrons. The van der Waals surface area contributed by atoms with Gasteiger partial charge in [-0.15, -0.1) is 22.7 Å². The molecule has 128 valence electrons. The van der Waals surface area contributed by atoms with Crippen LogP contribution in [0.3, 0.4) is 0 Å². The zero-order valence-corrected chi connectivity index (χ0v) is 15.7. The molecular weight excluding hydrogens is 352 g/mol. The topological polar surface area (TPSA) is 59.1 Å². The number of aromatic nitrogens is 1. The molecule has 2 heterocycles. The molecule has 0 saturated heterocycles. The summed E-state index contributed by atoms with van der Waals surface area (Å²) in [6, 6.07) is 9.81. The Morgan fingerprint density at radius 1 is 1.08 bits per heavy atom. The third kappa shape index (κ3) is 4.41. The van der Waals surface area contributed by atoms with Crippen LogP contribution in [0.2, 0.25) is 0 Å². The van der Waals surface area contributed by atoms with Gasteiger partial charge in [0.25, 0.3) is 0 Å². The molecule has 1 amide bonds. The van der Waals surface area contributed by atoms with Crippen LogP contribution >= 0.6 is 22.7 Å². The van der Waals surface area contributed by atoms with E-state index in [1.54, 1.807) is 6.07 Å². The maximum Gasteiger partial charge on any atom is 0.226 e. The predicted molar refractivity (Wildman–Crippen MR) is 104 cm³/mol. The predicted octanol–water partition coefficient (Wildman–Crippen LogP) is 5.09. The Kier molecular flexibility index (Phi) is 5.40. The number of thiophene rings is 1. The number of anilines is 1. The fraction of sp³-hybridized carbons (Fsp3) is 0.211. The summed E-state index contributed by atoms with van der Waals surface area (Å²) in [7, 11) is 0. The number of rotatable bonds is 6. The molecule has 0 atom stereocenters. The molecule has 0 spiro atoms. The van der Waals surface area contributed by atoms with Crippen LogP contribution in [0.15, 0.2) is 41.1 Å². The first kappa shape index (κ1) is 17.5. The van der Waals surface area contributed by atoms with Crippen molar-refractivity contribution in [3.8, 4) is 11.3 Å². The number of nitrogens with zero attached hydrogens (tertiary/aromatic N) is 1. The monoisotopic (exact) mass is 370 g/mol. The highest BCUT2D eigenvalue weighted by molar-refractivity contribution is 7.14. The summed E-state index contributed by atoms with van der Waals surface area (Å²) in [6.45, 7) is 4.14. The molecule has 25 heavy (non-hydrogen) atoms. The summed E-state index contributed by atoms with van der Waals surface area (Å²) in [6.07, 6.45) is 0.372. The van der Waals surface area contributed by atoms with Gasteiger partial charge < -0.3 is 5.32 Å². The van der Waals surface area contributed by atoms with Crippen LogP contribution in [-0.2, 0) is 4.79 Å². The highest BCUT2D eigenvalue weighted by Gasteiger charge is 2.12. The molecule has 0 aliphatic rings. The number of benzene rings is 1. The van der Waals surface area contributed by atoms with E-state index in [4.69, 9.17) is 0 Å². The smallest absolute Gasteiger partial charge is 0.226 e. The van der Waals surface area contributed by atoms with Gasteiger partial charge in [-0.05, 0) is 42.5 Å². The van der Waals surface area contributed by atoms with E-state index in [2.05, 4.69) is 36.3 Å². The fourth-order valence-corrected chi connectivity index (χ4v) is 3.76. The van der Waals surface area contributed by atoms with Crippen molar-refractivity contribution in [3.05, 3.63) is 57.1 Å². The number of ketones is 1.